The number of esters is 2. The average molecular weight is 356 g/mol. The number of ether oxygens (including phenoxy) is 3. The summed E-state index contributed by atoms with van der Waals surface area (Å²) in [4.78, 5) is 22.4. The van der Waals surface area contributed by atoms with Gasteiger partial charge in [-0.15, -0.1) is 0 Å². The van der Waals surface area contributed by atoms with Crippen LogP contribution in [0.5, 0.6) is 0 Å². The van der Waals surface area contributed by atoms with Gasteiger partial charge in [-0.05, 0) is 50.2 Å². The minimum atomic E-state index is -0.558. The minimum Gasteiger partial charge on any atom is -0.462 e. The monoisotopic (exact) mass is 356 g/mol. The molecule has 0 saturated carbocycles. The summed E-state index contributed by atoms with van der Waals surface area (Å²) >= 11 is 0. The van der Waals surface area contributed by atoms with Crippen molar-refractivity contribution < 1.29 is 28.9 Å². The van der Waals surface area contributed by atoms with Gasteiger partial charge in [-0.1, -0.05) is 13.3 Å². The van der Waals surface area contributed by atoms with Crippen molar-refractivity contribution in [3.05, 3.63) is 11.6 Å². The Hall–Kier alpha value is -1.40. The minimum absolute atomic E-state index is 0.175. The molecular weight excluding hydrogens is 324 g/mol. The predicted octanol–water partition coefficient (Wildman–Crippen LogP) is 2.78. The van der Waals surface area contributed by atoms with E-state index in [9.17, 15) is 9.59 Å². The van der Waals surface area contributed by atoms with Crippen molar-refractivity contribution in [3.63, 3.8) is 0 Å². The molecule has 1 fully saturated rings. The zero-order valence-electron chi connectivity index (χ0n) is 15.9. The number of hydrogen-bond donors (Lipinski definition) is 1. The van der Waals surface area contributed by atoms with E-state index < -0.39 is 5.60 Å². The summed E-state index contributed by atoms with van der Waals surface area (Å²) in [5.41, 5.74) is 0.489. The highest BCUT2D eigenvalue weighted by Crippen LogP contribution is 2.33. The first-order valence-electron chi connectivity index (χ1n) is 9.00. The van der Waals surface area contributed by atoms with Crippen LogP contribution >= 0.6 is 0 Å². The van der Waals surface area contributed by atoms with Crippen molar-refractivity contribution in [2.75, 3.05) is 19.8 Å². The van der Waals surface area contributed by atoms with Gasteiger partial charge < -0.3 is 19.3 Å². The SMILES string of the molecule is CC(=O)OCC=C1CC[C@H](OC(C)=O)[C@](C)(CCCC(C)CO)OC1. The standard InChI is InChI=1S/C19H32O6/c1-14(12-20)6-5-10-19(4)18(25-16(3)22)8-7-17(13-24-19)9-11-23-15(2)21/h9,14,18,20H,5-8,10-13H2,1-4H3/t14?,18-,19-/m0/s1. The van der Waals surface area contributed by atoms with E-state index in [1.807, 2.05) is 19.9 Å². The van der Waals surface area contributed by atoms with E-state index >= 15 is 0 Å². The van der Waals surface area contributed by atoms with Gasteiger partial charge in [0.1, 0.15) is 18.3 Å². The number of aliphatic hydroxyl groups is 1. The van der Waals surface area contributed by atoms with Gasteiger partial charge in [0.2, 0.25) is 0 Å². The van der Waals surface area contributed by atoms with Gasteiger partial charge in [-0.3, -0.25) is 9.59 Å². The zero-order valence-corrected chi connectivity index (χ0v) is 15.9. The van der Waals surface area contributed by atoms with Crippen LogP contribution in [-0.4, -0.2) is 48.6 Å². The van der Waals surface area contributed by atoms with Crippen molar-refractivity contribution >= 4 is 11.9 Å². The molecular formula is C19H32O6. The molecule has 0 spiro atoms. The molecule has 1 N–H and O–H groups in total. The first-order valence-corrected chi connectivity index (χ1v) is 9.00. The first-order chi connectivity index (χ1) is 11.8. The van der Waals surface area contributed by atoms with Crippen LogP contribution in [0.3, 0.4) is 0 Å². The fourth-order valence-electron chi connectivity index (χ4n) is 2.99. The van der Waals surface area contributed by atoms with Crippen molar-refractivity contribution in [2.45, 2.75) is 71.5 Å². The molecule has 6 nitrogen and oxygen atoms in total. The van der Waals surface area contributed by atoms with Gasteiger partial charge in [0, 0.05) is 20.5 Å². The Morgan fingerprint density at radius 3 is 2.72 bits per heavy atom. The lowest BCUT2D eigenvalue weighted by Gasteiger charge is -2.35. The highest BCUT2D eigenvalue weighted by atomic mass is 16.6. The third kappa shape index (κ3) is 8.01. The maximum atomic E-state index is 11.5. The summed E-state index contributed by atoms with van der Waals surface area (Å²) < 4.78 is 16.6. The Labute approximate surface area is 150 Å². The molecule has 1 heterocycles. The van der Waals surface area contributed by atoms with Crippen molar-refractivity contribution in [1.29, 1.82) is 0 Å². The van der Waals surface area contributed by atoms with E-state index in [4.69, 9.17) is 19.3 Å². The Balaban J connectivity index is 2.73. The molecule has 0 aromatic carbocycles. The summed E-state index contributed by atoms with van der Waals surface area (Å²) in [6.45, 7) is 7.63. The number of rotatable bonds is 8. The maximum absolute atomic E-state index is 11.5. The Kier molecular flexibility index (Phi) is 9.14. The van der Waals surface area contributed by atoms with Gasteiger partial charge in [-0.2, -0.15) is 0 Å². The van der Waals surface area contributed by atoms with E-state index in [1.165, 1.54) is 13.8 Å². The fraction of sp³-hybridized carbons (Fsp3) is 0.789. The molecule has 1 saturated heterocycles. The van der Waals surface area contributed by atoms with Gasteiger partial charge in [-0.25, -0.2) is 0 Å². The van der Waals surface area contributed by atoms with Gasteiger partial charge in [0.15, 0.2) is 0 Å². The predicted molar refractivity (Wildman–Crippen MR) is 94.0 cm³/mol. The van der Waals surface area contributed by atoms with Crippen LogP contribution in [0, 0.1) is 5.92 Å². The van der Waals surface area contributed by atoms with Crippen molar-refractivity contribution in [2.24, 2.45) is 5.92 Å². The summed E-state index contributed by atoms with van der Waals surface area (Å²) in [6, 6.07) is 0. The molecule has 0 amide bonds. The molecule has 0 bridgehead atoms. The van der Waals surface area contributed by atoms with E-state index in [0.29, 0.717) is 13.0 Å². The van der Waals surface area contributed by atoms with Gasteiger partial charge >= 0.3 is 11.9 Å². The van der Waals surface area contributed by atoms with Crippen LogP contribution in [0.25, 0.3) is 0 Å². The van der Waals surface area contributed by atoms with E-state index in [-0.39, 0.29) is 37.2 Å². The normalized spacial score (nSPS) is 26.8. The Morgan fingerprint density at radius 1 is 1.40 bits per heavy atom. The molecule has 144 valence electrons. The topological polar surface area (TPSA) is 82.1 Å². The highest BCUT2D eigenvalue weighted by Gasteiger charge is 2.39. The van der Waals surface area contributed by atoms with E-state index in [1.54, 1.807) is 0 Å². The molecule has 0 aromatic heterocycles. The van der Waals surface area contributed by atoms with Gasteiger partial charge in [0.05, 0.1) is 6.61 Å². The molecule has 0 aliphatic carbocycles. The number of aliphatic hydroxyl groups excluding tert-OH is 1. The van der Waals surface area contributed by atoms with E-state index in [0.717, 1.165) is 31.3 Å². The largest absolute Gasteiger partial charge is 0.462 e. The second-order valence-corrected chi connectivity index (χ2v) is 7.08. The average Bonchev–Trinajstić information content (AvgIpc) is 2.68. The number of hydrogen-bond acceptors (Lipinski definition) is 6. The molecule has 1 rings (SSSR count). The van der Waals surface area contributed by atoms with Crippen LogP contribution in [-0.2, 0) is 23.8 Å². The molecule has 1 aliphatic rings. The lowest BCUT2D eigenvalue weighted by atomic mass is 9.88. The highest BCUT2D eigenvalue weighted by molar-refractivity contribution is 5.66. The molecule has 3 atom stereocenters. The molecule has 0 radical (unpaired) electrons. The Bertz CT molecular complexity index is 473. The number of carbonyl (C=O) groups excluding carboxylic acids is 2. The van der Waals surface area contributed by atoms with Crippen LogP contribution in [0.15, 0.2) is 11.6 Å². The van der Waals surface area contributed by atoms with Crippen LogP contribution in [0.1, 0.15) is 59.8 Å². The van der Waals surface area contributed by atoms with Crippen molar-refractivity contribution in [1.82, 2.24) is 0 Å². The molecule has 1 aliphatic heterocycles. The van der Waals surface area contributed by atoms with E-state index in [2.05, 4.69) is 0 Å². The lowest BCUT2D eigenvalue weighted by molar-refractivity contribution is -0.167. The Morgan fingerprint density at radius 2 is 2.12 bits per heavy atom. The smallest absolute Gasteiger partial charge is 0.303 e. The quantitative estimate of drug-likeness (QED) is 0.532. The molecule has 1 unspecified atom stereocenters. The first kappa shape index (κ1) is 21.6. The van der Waals surface area contributed by atoms with Crippen molar-refractivity contribution in [3.8, 4) is 0 Å². The van der Waals surface area contributed by atoms with Crippen LogP contribution < -0.4 is 0 Å². The summed E-state index contributed by atoms with van der Waals surface area (Å²) in [6.07, 6.45) is 5.52. The third-order valence-electron chi connectivity index (χ3n) is 4.64. The summed E-state index contributed by atoms with van der Waals surface area (Å²) in [5.74, 6) is -0.372. The molecule has 25 heavy (non-hydrogen) atoms. The lowest BCUT2D eigenvalue weighted by Crippen LogP contribution is -2.43. The molecule has 6 heteroatoms. The zero-order chi connectivity index (χ0) is 18.9. The second kappa shape index (κ2) is 10.6. The number of carbonyl (C=O) groups is 2. The van der Waals surface area contributed by atoms with Gasteiger partial charge in [0.25, 0.3) is 0 Å². The summed E-state index contributed by atoms with van der Waals surface area (Å²) in [7, 11) is 0. The summed E-state index contributed by atoms with van der Waals surface area (Å²) in [5, 5.41) is 9.16. The maximum Gasteiger partial charge on any atom is 0.303 e. The fourth-order valence-corrected chi connectivity index (χ4v) is 2.99. The van der Waals surface area contributed by atoms with Crippen LogP contribution in [0.4, 0.5) is 0 Å². The van der Waals surface area contributed by atoms with Crippen LogP contribution in [0.2, 0.25) is 0 Å². The third-order valence-corrected chi connectivity index (χ3v) is 4.64. The molecule has 0 aromatic rings. The second-order valence-electron chi connectivity index (χ2n) is 7.08.